The molecule has 0 aliphatic heterocycles. The van der Waals surface area contributed by atoms with E-state index in [0.29, 0.717) is 5.41 Å². The average molecular weight is 329 g/mol. The summed E-state index contributed by atoms with van der Waals surface area (Å²) in [5, 5.41) is 0. The fourth-order valence-corrected chi connectivity index (χ4v) is 7.99. The molecule has 2 aromatic heterocycles. The molecule has 0 aliphatic rings. The van der Waals surface area contributed by atoms with E-state index in [2.05, 4.69) is 41.5 Å². The molecule has 1 aromatic carbocycles. The first-order valence-electron chi connectivity index (χ1n) is 6.71. The van der Waals surface area contributed by atoms with Gasteiger partial charge in [0, 0.05) is 0 Å². The monoisotopic (exact) mass is 328 g/mol. The summed E-state index contributed by atoms with van der Waals surface area (Å²) < 4.78 is 6.29. The van der Waals surface area contributed by atoms with E-state index >= 15 is 0 Å². The van der Waals surface area contributed by atoms with Crippen molar-refractivity contribution in [3.05, 3.63) is 11.1 Å². The highest BCUT2D eigenvalue weighted by Crippen LogP contribution is 2.55. The van der Waals surface area contributed by atoms with Crippen LogP contribution in [-0.2, 0) is 10.8 Å². The molecule has 0 amide bonds. The van der Waals surface area contributed by atoms with Crippen molar-refractivity contribution in [2.45, 2.75) is 58.8 Å². The van der Waals surface area contributed by atoms with Gasteiger partial charge in [-0.15, -0.1) is 0 Å². The zero-order chi connectivity index (χ0) is 14.0. The maximum absolute atomic E-state index is 2.40. The van der Waals surface area contributed by atoms with Crippen LogP contribution in [0.5, 0.6) is 0 Å². The van der Waals surface area contributed by atoms with Gasteiger partial charge in [0.05, 0.1) is 18.8 Å². The zero-order valence-corrected chi connectivity index (χ0v) is 15.6. The van der Waals surface area contributed by atoms with Gasteiger partial charge in [0.25, 0.3) is 0 Å². The second-order valence-corrected chi connectivity index (χ2v) is 11.2. The van der Waals surface area contributed by atoms with Gasteiger partial charge in [-0.25, -0.2) is 0 Å². The minimum Gasteiger partial charge on any atom is -0.0781 e. The fourth-order valence-electron chi connectivity index (χ4n) is 2.55. The molecule has 2 heterocycles. The molecule has 0 unspecified atom stereocenters. The Labute approximate surface area is 129 Å². The van der Waals surface area contributed by atoms with Gasteiger partial charge < -0.3 is 0 Å². The first-order valence-corrected chi connectivity index (χ1v) is 11.0. The van der Waals surface area contributed by atoms with Gasteiger partial charge in [-0.2, -0.15) is 0 Å². The van der Waals surface area contributed by atoms with Gasteiger partial charge in [0.15, 0.2) is 0 Å². The van der Waals surface area contributed by atoms with Crippen molar-refractivity contribution < 1.29 is 0 Å². The van der Waals surface area contributed by atoms with Crippen LogP contribution < -0.4 is 0 Å². The van der Waals surface area contributed by atoms with Crippen LogP contribution in [0.4, 0.5) is 0 Å². The predicted molar refractivity (Wildman–Crippen MR) is 95.0 cm³/mol. The van der Waals surface area contributed by atoms with Crippen LogP contribution in [0.2, 0.25) is 0 Å². The minimum absolute atomic E-state index is 0.255. The molecule has 0 N–H and O–H groups in total. The van der Waals surface area contributed by atoms with Crippen LogP contribution in [0.3, 0.4) is 0 Å². The molecule has 19 heavy (non-hydrogen) atoms. The number of rotatable bonds is 2. The van der Waals surface area contributed by atoms with Crippen molar-refractivity contribution in [3.8, 4) is 0 Å². The summed E-state index contributed by atoms with van der Waals surface area (Å²) >= 11 is 0. The van der Waals surface area contributed by atoms with Crippen LogP contribution >= 0.6 is 41.4 Å². The van der Waals surface area contributed by atoms with Crippen molar-refractivity contribution in [2.75, 3.05) is 0 Å². The topological polar surface area (TPSA) is 0 Å². The molecule has 0 spiro atoms. The molecule has 3 rings (SSSR count). The van der Waals surface area contributed by atoms with E-state index in [1.807, 2.05) is 41.4 Å². The molecule has 0 aliphatic carbocycles. The first kappa shape index (κ1) is 14.1. The molecule has 0 fully saturated rings. The molecule has 3 aromatic rings. The van der Waals surface area contributed by atoms with Gasteiger partial charge in [0.2, 0.25) is 0 Å². The lowest BCUT2D eigenvalue weighted by molar-refractivity contribution is 0.515. The molecule has 0 saturated carbocycles. The minimum atomic E-state index is 0.255. The van der Waals surface area contributed by atoms with Crippen LogP contribution in [-0.4, -0.2) is 0 Å². The van der Waals surface area contributed by atoms with Crippen molar-refractivity contribution >= 4 is 60.2 Å². The molecular formula is C15H20S4. The van der Waals surface area contributed by atoms with Gasteiger partial charge in [0.1, 0.15) is 0 Å². The molecular weight excluding hydrogens is 308 g/mol. The Hall–Kier alpha value is 0.100. The standard InChI is InChI=1S/C15H20S4/c1-7-15(5,6)9-12-10(16-18-12)8(14(2,3)4)11-13(9)19-17-11/h7H2,1-6H3. The highest BCUT2D eigenvalue weighted by molar-refractivity contribution is 7.80. The summed E-state index contributed by atoms with van der Waals surface area (Å²) in [4.78, 5) is 0. The lowest BCUT2D eigenvalue weighted by Gasteiger charge is -2.31. The second kappa shape index (κ2) is 4.30. The molecule has 0 bridgehead atoms. The largest absolute Gasteiger partial charge is 0.0781 e. The van der Waals surface area contributed by atoms with Gasteiger partial charge in [-0.05, 0) is 28.4 Å². The van der Waals surface area contributed by atoms with Gasteiger partial charge in [-0.3, -0.25) is 0 Å². The summed E-state index contributed by atoms with van der Waals surface area (Å²) in [6, 6.07) is 0. The van der Waals surface area contributed by atoms with Crippen LogP contribution in [0.1, 0.15) is 59.1 Å². The van der Waals surface area contributed by atoms with Crippen molar-refractivity contribution in [3.63, 3.8) is 0 Å². The molecule has 0 atom stereocenters. The lowest BCUT2D eigenvalue weighted by atomic mass is 9.79. The van der Waals surface area contributed by atoms with Crippen molar-refractivity contribution in [1.29, 1.82) is 0 Å². The summed E-state index contributed by atoms with van der Waals surface area (Å²) in [6.45, 7) is 14.1. The Kier molecular flexibility index (Phi) is 3.18. The predicted octanol–water partition coefficient (Wildman–Crippen LogP) is 7.22. The summed E-state index contributed by atoms with van der Waals surface area (Å²) in [5.74, 6) is 0. The molecule has 4 heteroatoms. The first-order chi connectivity index (χ1) is 8.77. The van der Waals surface area contributed by atoms with E-state index in [1.54, 1.807) is 29.9 Å². The quantitative estimate of drug-likeness (QED) is 0.435. The summed E-state index contributed by atoms with van der Waals surface area (Å²) in [7, 11) is 7.91. The number of benzene rings is 1. The van der Waals surface area contributed by atoms with E-state index < -0.39 is 0 Å². The number of hydrogen-bond donors (Lipinski definition) is 0. The maximum atomic E-state index is 2.40. The van der Waals surface area contributed by atoms with E-state index in [1.165, 1.54) is 6.42 Å². The van der Waals surface area contributed by atoms with E-state index in [0.717, 1.165) is 0 Å². The third-order valence-corrected chi connectivity index (χ3v) is 9.27. The molecule has 0 radical (unpaired) electrons. The Morgan fingerprint density at radius 3 is 1.32 bits per heavy atom. The number of hydrogen-bond acceptors (Lipinski definition) is 4. The normalized spacial score (nSPS) is 14.0. The van der Waals surface area contributed by atoms with E-state index in [-0.39, 0.29) is 5.41 Å². The number of fused-ring (bicyclic) bond motifs is 2. The molecule has 104 valence electrons. The summed E-state index contributed by atoms with van der Waals surface area (Å²) in [5.41, 5.74) is 3.78. The van der Waals surface area contributed by atoms with Gasteiger partial charge >= 0.3 is 0 Å². The Bertz CT molecular complexity index is 678. The Morgan fingerprint density at radius 1 is 0.684 bits per heavy atom. The van der Waals surface area contributed by atoms with Crippen LogP contribution in [0.15, 0.2) is 0 Å². The third-order valence-electron chi connectivity index (χ3n) is 4.05. The Balaban J connectivity index is 2.39. The van der Waals surface area contributed by atoms with E-state index in [9.17, 15) is 0 Å². The fraction of sp³-hybridized carbons (Fsp3) is 0.600. The lowest BCUT2D eigenvalue weighted by Crippen LogP contribution is -2.19. The smallest absolute Gasteiger partial charge is 0.0613 e. The maximum Gasteiger partial charge on any atom is 0.0613 e. The molecule has 0 nitrogen and oxygen atoms in total. The molecule has 0 saturated heterocycles. The van der Waals surface area contributed by atoms with Crippen LogP contribution in [0.25, 0.3) is 18.8 Å². The van der Waals surface area contributed by atoms with Gasteiger partial charge in [-0.1, -0.05) is 82.9 Å². The van der Waals surface area contributed by atoms with Crippen molar-refractivity contribution in [1.82, 2.24) is 0 Å². The highest BCUT2D eigenvalue weighted by Gasteiger charge is 2.33. The second-order valence-electron chi connectivity index (χ2n) is 6.89. The summed E-state index contributed by atoms with van der Waals surface area (Å²) in [6.07, 6.45) is 1.21. The SMILES string of the molecule is CCC(C)(C)c1c2ssc2c(C(C)(C)C)c2ssc12. The highest BCUT2D eigenvalue weighted by atomic mass is 32.9. The van der Waals surface area contributed by atoms with Crippen molar-refractivity contribution in [2.24, 2.45) is 0 Å². The average Bonchev–Trinajstić information content (AvgIpc) is 2.21. The Morgan fingerprint density at radius 2 is 1.05 bits per heavy atom. The third kappa shape index (κ3) is 1.95. The van der Waals surface area contributed by atoms with E-state index in [4.69, 9.17) is 0 Å². The zero-order valence-electron chi connectivity index (χ0n) is 12.3. The van der Waals surface area contributed by atoms with Crippen LogP contribution in [0, 0.1) is 0 Å².